The van der Waals surface area contributed by atoms with Gasteiger partial charge in [-0.05, 0) is 45.7 Å². The first-order chi connectivity index (χ1) is 10.9. The van der Waals surface area contributed by atoms with E-state index < -0.39 is 0 Å². The van der Waals surface area contributed by atoms with Gasteiger partial charge < -0.3 is 4.74 Å². The van der Waals surface area contributed by atoms with E-state index in [0.717, 1.165) is 26.6 Å². The second kappa shape index (κ2) is 5.77. The molecule has 0 radical (unpaired) electrons. The van der Waals surface area contributed by atoms with E-state index in [-0.39, 0.29) is 5.97 Å². The zero-order chi connectivity index (χ0) is 16.7. The lowest BCUT2D eigenvalue weighted by atomic mass is 10.1. The summed E-state index contributed by atoms with van der Waals surface area (Å²) in [7, 11) is 0. The van der Waals surface area contributed by atoms with Crippen LogP contribution in [0.2, 0.25) is 0 Å². The molecule has 1 aromatic carbocycles. The van der Waals surface area contributed by atoms with Gasteiger partial charge in [0.1, 0.15) is 5.56 Å². The second-order valence-corrected chi connectivity index (χ2v) is 6.53. The monoisotopic (exact) mass is 329 g/mol. The molecule has 0 unspecified atom stereocenters. The minimum absolute atomic E-state index is 0.331. The number of nitrogens with zero attached hydrogens (tertiary/aromatic N) is 3. The number of hydrogen-bond acceptors (Lipinski definition) is 5. The molecule has 6 heteroatoms. The van der Waals surface area contributed by atoms with Crippen molar-refractivity contribution in [3.63, 3.8) is 0 Å². The van der Waals surface area contributed by atoms with E-state index in [2.05, 4.69) is 31.1 Å². The number of rotatable bonds is 3. The highest BCUT2D eigenvalue weighted by Gasteiger charge is 2.22. The average molecular weight is 329 g/mol. The van der Waals surface area contributed by atoms with Crippen molar-refractivity contribution in [1.29, 1.82) is 0 Å². The molecule has 23 heavy (non-hydrogen) atoms. The van der Waals surface area contributed by atoms with Gasteiger partial charge in [-0.25, -0.2) is 14.5 Å². The van der Waals surface area contributed by atoms with Crippen molar-refractivity contribution in [2.24, 2.45) is 0 Å². The van der Waals surface area contributed by atoms with E-state index in [4.69, 9.17) is 9.72 Å². The van der Waals surface area contributed by atoms with Gasteiger partial charge in [0.15, 0.2) is 0 Å². The topological polar surface area (TPSA) is 57.0 Å². The van der Waals surface area contributed by atoms with Crippen LogP contribution in [0.1, 0.15) is 39.8 Å². The van der Waals surface area contributed by atoms with Crippen LogP contribution in [0.4, 0.5) is 0 Å². The first-order valence-electron chi connectivity index (χ1n) is 7.54. The van der Waals surface area contributed by atoms with Crippen molar-refractivity contribution in [1.82, 2.24) is 14.8 Å². The van der Waals surface area contributed by atoms with Crippen molar-refractivity contribution in [3.05, 3.63) is 40.2 Å². The Morgan fingerprint density at radius 1 is 1.22 bits per heavy atom. The largest absolute Gasteiger partial charge is 0.462 e. The highest BCUT2D eigenvalue weighted by molar-refractivity contribution is 7.21. The Balaban J connectivity index is 2.16. The number of aryl methyl sites for hydroxylation is 3. The number of esters is 1. The fraction of sp³-hybridized carbons (Fsp3) is 0.353. The van der Waals surface area contributed by atoms with Crippen molar-refractivity contribution in [2.75, 3.05) is 6.61 Å². The lowest BCUT2D eigenvalue weighted by molar-refractivity contribution is 0.0524. The molecule has 5 nitrogen and oxygen atoms in total. The van der Waals surface area contributed by atoms with E-state index in [1.54, 1.807) is 22.9 Å². The summed E-state index contributed by atoms with van der Waals surface area (Å²) in [5.74, 6) is -0.331. The summed E-state index contributed by atoms with van der Waals surface area (Å²) in [6.07, 6.45) is 0. The van der Waals surface area contributed by atoms with Crippen LogP contribution in [0.5, 0.6) is 0 Å². The molecule has 3 aromatic rings. The van der Waals surface area contributed by atoms with Gasteiger partial charge in [-0.2, -0.15) is 5.10 Å². The highest BCUT2D eigenvalue weighted by atomic mass is 32.1. The fourth-order valence-corrected chi connectivity index (χ4v) is 3.78. The van der Waals surface area contributed by atoms with Gasteiger partial charge in [-0.15, -0.1) is 0 Å². The average Bonchev–Trinajstić information content (AvgIpc) is 3.06. The van der Waals surface area contributed by atoms with Gasteiger partial charge in [0.25, 0.3) is 0 Å². The van der Waals surface area contributed by atoms with Crippen molar-refractivity contribution in [2.45, 2.75) is 34.6 Å². The summed E-state index contributed by atoms with van der Waals surface area (Å²) >= 11 is 1.59. The van der Waals surface area contributed by atoms with Gasteiger partial charge in [0.05, 0.1) is 28.2 Å². The third kappa shape index (κ3) is 2.53. The van der Waals surface area contributed by atoms with E-state index >= 15 is 0 Å². The number of thiazole rings is 1. The van der Waals surface area contributed by atoms with Gasteiger partial charge in [-0.3, -0.25) is 0 Å². The Morgan fingerprint density at radius 3 is 2.57 bits per heavy atom. The minimum atomic E-state index is -0.331. The maximum atomic E-state index is 12.1. The molecule has 0 aliphatic heterocycles. The third-order valence-corrected chi connectivity index (χ3v) is 5.05. The quantitative estimate of drug-likeness (QED) is 0.684. The van der Waals surface area contributed by atoms with Gasteiger partial charge in [0.2, 0.25) is 5.13 Å². The molecule has 2 aromatic heterocycles. The maximum Gasteiger partial charge on any atom is 0.341 e. The Hall–Kier alpha value is -2.21. The number of carbonyl (C=O) groups excluding carboxylic acids is 1. The van der Waals surface area contributed by atoms with Crippen LogP contribution in [0, 0.1) is 27.7 Å². The standard InChI is InChI=1S/C17H19N3O2S/c1-6-22-16(21)13-11(4)19-20(12(13)5)17-18-14-9(2)7-8-10(3)15(14)23-17/h7-8H,6H2,1-5H3. The fourth-order valence-electron chi connectivity index (χ4n) is 2.67. The highest BCUT2D eigenvalue weighted by Crippen LogP contribution is 2.31. The molecule has 0 aliphatic carbocycles. The molecule has 3 rings (SSSR count). The zero-order valence-corrected chi connectivity index (χ0v) is 14.7. The molecular formula is C17H19N3O2S. The van der Waals surface area contributed by atoms with E-state index in [1.807, 2.05) is 13.8 Å². The lowest BCUT2D eigenvalue weighted by Crippen LogP contribution is -2.07. The summed E-state index contributed by atoms with van der Waals surface area (Å²) in [5.41, 5.74) is 5.28. The van der Waals surface area contributed by atoms with Crippen LogP contribution in [0.15, 0.2) is 12.1 Å². The Bertz CT molecular complexity index is 869. The molecule has 0 saturated heterocycles. The summed E-state index contributed by atoms with van der Waals surface area (Å²) in [6, 6.07) is 4.18. The normalized spacial score (nSPS) is 11.2. The lowest BCUT2D eigenvalue weighted by Gasteiger charge is -2.02. The molecular weight excluding hydrogens is 310 g/mol. The summed E-state index contributed by atoms with van der Waals surface area (Å²) in [5, 5.41) is 5.27. The molecule has 0 bridgehead atoms. The molecule has 0 atom stereocenters. The van der Waals surface area contributed by atoms with Crippen molar-refractivity contribution >= 4 is 27.5 Å². The number of hydrogen-bond donors (Lipinski definition) is 0. The molecule has 0 spiro atoms. The van der Waals surface area contributed by atoms with E-state index in [9.17, 15) is 4.79 Å². The number of aromatic nitrogens is 3. The smallest absolute Gasteiger partial charge is 0.341 e. The van der Waals surface area contributed by atoms with Crippen LogP contribution >= 0.6 is 11.3 Å². The predicted octanol–water partition coefficient (Wildman–Crippen LogP) is 3.89. The number of fused-ring (bicyclic) bond motifs is 1. The number of ether oxygens (including phenoxy) is 1. The predicted molar refractivity (Wildman–Crippen MR) is 91.6 cm³/mol. The van der Waals surface area contributed by atoms with Crippen LogP contribution in [-0.4, -0.2) is 27.3 Å². The van der Waals surface area contributed by atoms with Crippen LogP contribution in [0.3, 0.4) is 0 Å². The first kappa shape index (κ1) is 15.7. The molecule has 0 amide bonds. The van der Waals surface area contributed by atoms with E-state index in [1.165, 1.54) is 5.56 Å². The summed E-state index contributed by atoms with van der Waals surface area (Å²) in [6.45, 7) is 9.97. The van der Waals surface area contributed by atoms with Crippen molar-refractivity contribution in [3.8, 4) is 5.13 Å². The molecule has 0 fully saturated rings. The summed E-state index contributed by atoms with van der Waals surface area (Å²) < 4.78 is 8.03. The Morgan fingerprint density at radius 2 is 1.91 bits per heavy atom. The van der Waals surface area contributed by atoms with Gasteiger partial charge in [-0.1, -0.05) is 23.5 Å². The Kier molecular flexibility index (Phi) is 3.93. The number of carbonyl (C=O) groups is 1. The second-order valence-electron chi connectivity index (χ2n) is 5.55. The first-order valence-corrected chi connectivity index (χ1v) is 8.36. The molecule has 120 valence electrons. The van der Waals surface area contributed by atoms with Crippen LogP contribution < -0.4 is 0 Å². The number of benzene rings is 1. The van der Waals surface area contributed by atoms with Crippen LogP contribution in [-0.2, 0) is 4.74 Å². The maximum absolute atomic E-state index is 12.1. The molecule has 2 heterocycles. The molecule has 0 aliphatic rings. The molecule has 0 saturated carbocycles. The summed E-state index contributed by atoms with van der Waals surface area (Å²) in [4.78, 5) is 16.8. The minimum Gasteiger partial charge on any atom is -0.462 e. The van der Waals surface area contributed by atoms with E-state index in [0.29, 0.717) is 17.9 Å². The SMILES string of the molecule is CCOC(=O)c1c(C)nn(-c2nc3c(C)ccc(C)c3s2)c1C. The van der Waals surface area contributed by atoms with Crippen molar-refractivity contribution < 1.29 is 9.53 Å². The zero-order valence-electron chi connectivity index (χ0n) is 13.9. The Labute approximate surface area is 138 Å². The van der Waals surface area contributed by atoms with Gasteiger partial charge in [0, 0.05) is 0 Å². The molecule has 0 N–H and O–H groups in total. The van der Waals surface area contributed by atoms with Crippen LogP contribution in [0.25, 0.3) is 15.3 Å². The van der Waals surface area contributed by atoms with Gasteiger partial charge >= 0.3 is 5.97 Å². The third-order valence-electron chi connectivity index (χ3n) is 3.88.